The van der Waals surface area contributed by atoms with Crippen LogP contribution in [0.4, 0.5) is 0 Å². The summed E-state index contributed by atoms with van der Waals surface area (Å²) < 4.78 is 0. The molecule has 0 bridgehead atoms. The highest BCUT2D eigenvalue weighted by atomic mass is 16.2. The van der Waals surface area contributed by atoms with Crippen LogP contribution in [-0.2, 0) is 4.79 Å². The van der Waals surface area contributed by atoms with E-state index >= 15 is 0 Å². The highest BCUT2D eigenvalue weighted by molar-refractivity contribution is 5.80. The first-order valence-corrected chi connectivity index (χ1v) is 6.45. The highest BCUT2D eigenvalue weighted by Gasteiger charge is 2.32. The fourth-order valence-corrected chi connectivity index (χ4v) is 2.62. The zero-order valence-electron chi connectivity index (χ0n) is 11.2. The Balaban J connectivity index is 2.41. The minimum Gasteiger partial charge on any atom is -0.347 e. The molecular formula is C13H26N2O. The van der Waals surface area contributed by atoms with Gasteiger partial charge < -0.3 is 10.2 Å². The van der Waals surface area contributed by atoms with Gasteiger partial charge in [0, 0.05) is 20.6 Å². The van der Waals surface area contributed by atoms with E-state index in [9.17, 15) is 4.79 Å². The standard InChI is InChI=1S/C13H26N2O/c1-5-13(8-6-7-9-13)10-14-11(2)12(16)15(3)4/h11,14H,5-10H2,1-4H3. The van der Waals surface area contributed by atoms with Gasteiger partial charge in [-0.1, -0.05) is 19.8 Å². The van der Waals surface area contributed by atoms with Crippen molar-refractivity contribution in [2.45, 2.75) is 52.0 Å². The summed E-state index contributed by atoms with van der Waals surface area (Å²) in [5.74, 6) is 0.171. The number of nitrogens with one attached hydrogen (secondary N) is 1. The number of hydrogen-bond donors (Lipinski definition) is 1. The third kappa shape index (κ3) is 3.21. The lowest BCUT2D eigenvalue weighted by Crippen LogP contribution is -2.45. The summed E-state index contributed by atoms with van der Waals surface area (Å²) >= 11 is 0. The number of likely N-dealkylation sites (N-methyl/N-ethyl adjacent to an activating group) is 1. The Bertz CT molecular complexity index is 232. The number of hydrogen-bond acceptors (Lipinski definition) is 2. The maximum absolute atomic E-state index is 11.7. The summed E-state index contributed by atoms with van der Waals surface area (Å²) in [7, 11) is 3.62. The third-order valence-electron chi connectivity index (χ3n) is 4.01. The minimum atomic E-state index is -0.0565. The molecule has 0 aromatic carbocycles. The topological polar surface area (TPSA) is 32.3 Å². The molecular weight excluding hydrogens is 200 g/mol. The molecule has 1 aliphatic carbocycles. The molecule has 1 rings (SSSR count). The SMILES string of the molecule is CCC1(CNC(C)C(=O)N(C)C)CCCC1. The number of amides is 1. The van der Waals surface area contributed by atoms with Gasteiger partial charge in [0.15, 0.2) is 0 Å². The van der Waals surface area contributed by atoms with Gasteiger partial charge in [-0.05, 0) is 31.6 Å². The van der Waals surface area contributed by atoms with Gasteiger partial charge in [-0.3, -0.25) is 4.79 Å². The Morgan fingerprint density at radius 3 is 2.38 bits per heavy atom. The summed E-state index contributed by atoms with van der Waals surface area (Å²) in [6, 6.07) is -0.0565. The van der Waals surface area contributed by atoms with Crippen molar-refractivity contribution in [3.05, 3.63) is 0 Å². The summed E-state index contributed by atoms with van der Waals surface area (Å²) in [5, 5.41) is 3.41. The Morgan fingerprint density at radius 2 is 1.94 bits per heavy atom. The van der Waals surface area contributed by atoms with Crippen molar-refractivity contribution in [2.75, 3.05) is 20.6 Å². The predicted molar refractivity (Wildman–Crippen MR) is 67.4 cm³/mol. The van der Waals surface area contributed by atoms with E-state index in [2.05, 4.69) is 12.2 Å². The molecule has 0 radical (unpaired) electrons. The molecule has 0 spiro atoms. The predicted octanol–water partition coefficient (Wildman–Crippen LogP) is 2.02. The zero-order chi connectivity index (χ0) is 12.2. The van der Waals surface area contributed by atoms with Crippen LogP contribution in [0.15, 0.2) is 0 Å². The van der Waals surface area contributed by atoms with Crippen LogP contribution in [0.3, 0.4) is 0 Å². The molecule has 0 aromatic heterocycles. The van der Waals surface area contributed by atoms with Gasteiger partial charge in [-0.15, -0.1) is 0 Å². The maximum atomic E-state index is 11.7. The fourth-order valence-electron chi connectivity index (χ4n) is 2.62. The van der Waals surface area contributed by atoms with Gasteiger partial charge >= 0.3 is 0 Å². The molecule has 0 heterocycles. The largest absolute Gasteiger partial charge is 0.347 e. The molecule has 0 aliphatic heterocycles. The van der Waals surface area contributed by atoms with Crippen molar-refractivity contribution in [1.29, 1.82) is 0 Å². The number of nitrogens with zero attached hydrogens (tertiary/aromatic N) is 1. The fraction of sp³-hybridized carbons (Fsp3) is 0.923. The zero-order valence-corrected chi connectivity index (χ0v) is 11.2. The molecule has 1 atom stereocenters. The van der Waals surface area contributed by atoms with Crippen molar-refractivity contribution in [3.8, 4) is 0 Å². The van der Waals surface area contributed by atoms with E-state index in [1.165, 1.54) is 32.1 Å². The van der Waals surface area contributed by atoms with Crippen molar-refractivity contribution in [1.82, 2.24) is 10.2 Å². The maximum Gasteiger partial charge on any atom is 0.238 e. The summed E-state index contributed by atoms with van der Waals surface area (Å²) in [4.78, 5) is 13.4. The minimum absolute atomic E-state index is 0.0565. The Kier molecular flexibility index (Phi) is 4.78. The lowest BCUT2D eigenvalue weighted by Gasteiger charge is -2.30. The smallest absolute Gasteiger partial charge is 0.238 e. The Hall–Kier alpha value is -0.570. The molecule has 0 saturated heterocycles. The van der Waals surface area contributed by atoms with Crippen molar-refractivity contribution in [3.63, 3.8) is 0 Å². The molecule has 1 amide bonds. The van der Waals surface area contributed by atoms with Crippen LogP contribution >= 0.6 is 0 Å². The first kappa shape index (κ1) is 13.5. The van der Waals surface area contributed by atoms with Crippen molar-refractivity contribution < 1.29 is 4.79 Å². The van der Waals surface area contributed by atoms with Crippen LogP contribution in [-0.4, -0.2) is 37.5 Å². The molecule has 1 N–H and O–H groups in total. The average molecular weight is 226 g/mol. The number of carbonyl (C=O) groups excluding carboxylic acids is 1. The molecule has 94 valence electrons. The second-order valence-electron chi connectivity index (χ2n) is 5.40. The van der Waals surface area contributed by atoms with Crippen LogP contribution in [0, 0.1) is 5.41 Å². The summed E-state index contributed by atoms with van der Waals surface area (Å²) in [5.41, 5.74) is 0.459. The lowest BCUT2D eigenvalue weighted by atomic mass is 9.83. The average Bonchev–Trinajstić information content (AvgIpc) is 2.74. The van der Waals surface area contributed by atoms with E-state index in [0.29, 0.717) is 5.41 Å². The molecule has 1 saturated carbocycles. The summed E-state index contributed by atoms with van der Waals surface area (Å²) in [6.07, 6.45) is 6.57. The van der Waals surface area contributed by atoms with Gasteiger partial charge in [0.25, 0.3) is 0 Å². The van der Waals surface area contributed by atoms with E-state index in [1.807, 2.05) is 21.0 Å². The van der Waals surface area contributed by atoms with Crippen molar-refractivity contribution >= 4 is 5.91 Å². The molecule has 1 aliphatic rings. The van der Waals surface area contributed by atoms with E-state index in [4.69, 9.17) is 0 Å². The van der Waals surface area contributed by atoms with E-state index < -0.39 is 0 Å². The van der Waals surface area contributed by atoms with E-state index in [-0.39, 0.29) is 11.9 Å². The highest BCUT2D eigenvalue weighted by Crippen LogP contribution is 2.40. The van der Waals surface area contributed by atoms with Crippen LogP contribution in [0.5, 0.6) is 0 Å². The number of carbonyl (C=O) groups is 1. The van der Waals surface area contributed by atoms with Crippen molar-refractivity contribution in [2.24, 2.45) is 5.41 Å². The second-order valence-corrected chi connectivity index (χ2v) is 5.40. The lowest BCUT2D eigenvalue weighted by molar-refractivity contribution is -0.130. The molecule has 1 unspecified atom stereocenters. The molecule has 1 fully saturated rings. The Labute approximate surface area is 99.6 Å². The van der Waals surface area contributed by atoms with Crippen LogP contribution in [0.1, 0.15) is 46.0 Å². The first-order chi connectivity index (χ1) is 7.51. The van der Waals surface area contributed by atoms with Gasteiger partial charge in [0.05, 0.1) is 6.04 Å². The van der Waals surface area contributed by atoms with Gasteiger partial charge in [-0.2, -0.15) is 0 Å². The Morgan fingerprint density at radius 1 is 1.38 bits per heavy atom. The number of rotatable bonds is 5. The van der Waals surface area contributed by atoms with Gasteiger partial charge in [0.1, 0.15) is 0 Å². The summed E-state index contributed by atoms with van der Waals surface area (Å²) in [6.45, 7) is 5.22. The van der Waals surface area contributed by atoms with E-state index in [1.54, 1.807) is 4.90 Å². The molecule has 3 nitrogen and oxygen atoms in total. The third-order valence-corrected chi connectivity index (χ3v) is 4.01. The molecule has 0 aromatic rings. The second kappa shape index (κ2) is 5.67. The monoisotopic (exact) mass is 226 g/mol. The van der Waals surface area contributed by atoms with Crippen LogP contribution < -0.4 is 5.32 Å². The quantitative estimate of drug-likeness (QED) is 0.778. The van der Waals surface area contributed by atoms with Gasteiger partial charge in [0.2, 0.25) is 5.91 Å². The molecule has 16 heavy (non-hydrogen) atoms. The van der Waals surface area contributed by atoms with E-state index in [0.717, 1.165) is 6.54 Å². The molecule has 3 heteroatoms. The van der Waals surface area contributed by atoms with Crippen LogP contribution in [0.2, 0.25) is 0 Å². The van der Waals surface area contributed by atoms with Gasteiger partial charge in [-0.25, -0.2) is 0 Å². The first-order valence-electron chi connectivity index (χ1n) is 6.45. The normalized spacial score (nSPS) is 20.8. The van der Waals surface area contributed by atoms with Crippen LogP contribution in [0.25, 0.3) is 0 Å².